The van der Waals surface area contributed by atoms with Crippen LogP contribution in [0, 0.1) is 0 Å². The summed E-state index contributed by atoms with van der Waals surface area (Å²) in [6.45, 7) is 7.87. The molecule has 27 heavy (non-hydrogen) atoms. The van der Waals surface area contributed by atoms with E-state index in [-0.39, 0.29) is 11.6 Å². The lowest BCUT2D eigenvalue weighted by atomic mass is 10.0. The molecule has 3 aromatic rings. The number of hydrogen-bond donors (Lipinski definition) is 0. The van der Waals surface area contributed by atoms with Gasteiger partial charge >= 0.3 is 0 Å². The minimum Gasteiger partial charge on any atom is -0.244 e. The summed E-state index contributed by atoms with van der Waals surface area (Å²) in [6, 6.07) is 16.0. The Labute approximate surface area is 174 Å². The molecule has 0 saturated carbocycles. The highest BCUT2D eigenvalue weighted by molar-refractivity contribution is 9.10. The van der Waals surface area contributed by atoms with E-state index in [9.17, 15) is 8.42 Å². The molecule has 1 aromatic heterocycles. The van der Waals surface area contributed by atoms with Crippen molar-refractivity contribution in [2.75, 3.05) is 5.75 Å². The van der Waals surface area contributed by atoms with Crippen molar-refractivity contribution in [1.29, 1.82) is 0 Å². The Balaban J connectivity index is 0.000000244. The molecule has 0 fully saturated rings. The summed E-state index contributed by atoms with van der Waals surface area (Å²) in [4.78, 5) is 0. The number of halogens is 2. The van der Waals surface area contributed by atoms with Crippen LogP contribution in [0.3, 0.4) is 0 Å². The summed E-state index contributed by atoms with van der Waals surface area (Å²) < 4.78 is 26.4. The number of aromatic nitrogens is 1. The van der Waals surface area contributed by atoms with Gasteiger partial charge in [0, 0.05) is 21.9 Å². The average Bonchev–Trinajstić information content (AvgIpc) is 3.01. The number of hydrogen-bond acceptors (Lipinski definition) is 2. The molecule has 3 nitrogen and oxygen atoms in total. The maximum Gasteiger partial charge on any atom is 0.242 e. The molecule has 0 aliphatic carbocycles. The molecule has 2 aromatic carbocycles. The van der Waals surface area contributed by atoms with Crippen LogP contribution in [0.2, 0.25) is 0 Å². The van der Waals surface area contributed by atoms with Crippen LogP contribution in [0.15, 0.2) is 71.9 Å². The topological polar surface area (TPSA) is 39.1 Å². The predicted octanol–water partition coefficient (Wildman–Crippen LogP) is 6.32. The second kappa shape index (κ2) is 9.58. The fourth-order valence-corrected chi connectivity index (χ4v) is 4.42. The molecule has 0 radical (unpaired) electrons. The van der Waals surface area contributed by atoms with Crippen molar-refractivity contribution in [3.8, 4) is 0 Å². The van der Waals surface area contributed by atoms with Crippen LogP contribution in [0.5, 0.6) is 0 Å². The Bertz CT molecular complexity index is 1010. The average molecular weight is 469 g/mol. The van der Waals surface area contributed by atoms with Crippen molar-refractivity contribution < 1.29 is 8.42 Å². The van der Waals surface area contributed by atoms with Gasteiger partial charge in [0.05, 0.1) is 11.3 Å². The fraction of sp³-hybridized carbons (Fsp3) is 0.238. The Morgan fingerprint density at radius 2 is 1.85 bits per heavy atom. The first-order chi connectivity index (χ1) is 12.8. The lowest BCUT2D eigenvalue weighted by molar-refractivity contribution is 0.592. The molecule has 0 unspecified atom stereocenters. The first kappa shape index (κ1) is 21.7. The van der Waals surface area contributed by atoms with Crippen LogP contribution in [-0.2, 0) is 15.9 Å². The quantitative estimate of drug-likeness (QED) is 0.325. The smallest absolute Gasteiger partial charge is 0.242 e. The minimum absolute atomic E-state index is 0.103. The van der Waals surface area contributed by atoms with Gasteiger partial charge in [-0.05, 0) is 35.2 Å². The molecule has 1 heterocycles. The second-order valence-electron chi connectivity index (χ2n) is 6.38. The maximum atomic E-state index is 12.1. The van der Waals surface area contributed by atoms with Gasteiger partial charge in [-0.3, -0.25) is 0 Å². The normalized spacial score (nSPS) is 11.3. The molecule has 0 N–H and O–H groups in total. The third kappa shape index (κ3) is 5.47. The van der Waals surface area contributed by atoms with Crippen molar-refractivity contribution in [3.05, 3.63) is 83.0 Å². The standard InChI is InChI=1S/C12H11BrClNO2S.C9H12/c1-2-5-18(16,17)15-8-9(7-14)11-6-10(13)3-4-12(11)15;1-8(2)9-6-4-3-5-7-9/h2-4,6,8H,1,5,7H2;3-8H,1-2H3. The molecular weight excluding hydrogens is 446 g/mol. The Hall–Kier alpha value is -1.56. The van der Waals surface area contributed by atoms with Gasteiger partial charge in [0.15, 0.2) is 0 Å². The molecule has 0 amide bonds. The Morgan fingerprint density at radius 3 is 2.37 bits per heavy atom. The zero-order chi connectivity index (χ0) is 20.0. The van der Waals surface area contributed by atoms with Gasteiger partial charge in [-0.1, -0.05) is 66.2 Å². The van der Waals surface area contributed by atoms with Gasteiger partial charge in [0.1, 0.15) is 0 Å². The molecule has 0 aliphatic heterocycles. The molecule has 0 saturated heterocycles. The third-order valence-corrected chi connectivity index (χ3v) is 6.39. The van der Waals surface area contributed by atoms with Gasteiger partial charge in [-0.15, -0.1) is 18.2 Å². The van der Waals surface area contributed by atoms with Crippen LogP contribution < -0.4 is 0 Å². The molecule has 6 heteroatoms. The summed E-state index contributed by atoms with van der Waals surface area (Å²) in [5.74, 6) is 0.823. The van der Waals surface area contributed by atoms with E-state index in [1.165, 1.54) is 15.6 Å². The summed E-state index contributed by atoms with van der Waals surface area (Å²) in [7, 11) is -3.41. The Morgan fingerprint density at radius 1 is 1.19 bits per heavy atom. The van der Waals surface area contributed by atoms with E-state index in [0.29, 0.717) is 11.4 Å². The number of benzene rings is 2. The van der Waals surface area contributed by atoms with Crippen LogP contribution in [0.4, 0.5) is 0 Å². The summed E-state index contributed by atoms with van der Waals surface area (Å²) in [5.41, 5.74) is 2.84. The fourth-order valence-electron chi connectivity index (χ4n) is 2.64. The first-order valence-electron chi connectivity index (χ1n) is 8.54. The van der Waals surface area contributed by atoms with E-state index in [2.05, 4.69) is 60.6 Å². The molecule has 0 atom stereocenters. The lowest BCUT2D eigenvalue weighted by Gasteiger charge is -2.04. The van der Waals surface area contributed by atoms with Gasteiger partial charge in [-0.25, -0.2) is 12.4 Å². The summed E-state index contributed by atoms with van der Waals surface area (Å²) in [5, 5.41) is 0.840. The zero-order valence-corrected chi connectivity index (χ0v) is 18.6. The van der Waals surface area contributed by atoms with Crippen molar-refractivity contribution >= 4 is 48.5 Å². The summed E-state index contributed by atoms with van der Waals surface area (Å²) in [6.07, 6.45) is 2.95. The highest BCUT2D eigenvalue weighted by atomic mass is 79.9. The van der Waals surface area contributed by atoms with Crippen LogP contribution in [-0.4, -0.2) is 18.1 Å². The van der Waals surface area contributed by atoms with Gasteiger partial charge in [0.2, 0.25) is 10.0 Å². The number of fused-ring (bicyclic) bond motifs is 1. The molecular formula is C21H23BrClNO2S. The Kier molecular flexibility index (Phi) is 7.71. The van der Waals surface area contributed by atoms with Crippen LogP contribution in [0.1, 0.15) is 30.9 Å². The van der Waals surface area contributed by atoms with Gasteiger partial charge in [0.25, 0.3) is 0 Å². The monoisotopic (exact) mass is 467 g/mol. The SMILES string of the molecule is C=CCS(=O)(=O)n1cc(CCl)c2cc(Br)ccc21.CC(C)c1ccccc1. The first-order valence-corrected chi connectivity index (χ1v) is 11.5. The zero-order valence-electron chi connectivity index (χ0n) is 15.4. The van der Waals surface area contributed by atoms with E-state index >= 15 is 0 Å². The number of nitrogens with zero attached hydrogens (tertiary/aromatic N) is 1. The molecule has 0 spiro atoms. The molecule has 0 aliphatic rings. The highest BCUT2D eigenvalue weighted by Gasteiger charge is 2.17. The maximum absolute atomic E-state index is 12.1. The second-order valence-corrected chi connectivity index (χ2v) is 9.45. The van der Waals surface area contributed by atoms with E-state index in [0.717, 1.165) is 15.4 Å². The van der Waals surface area contributed by atoms with Crippen molar-refractivity contribution in [2.45, 2.75) is 25.6 Å². The van der Waals surface area contributed by atoms with Crippen LogP contribution >= 0.6 is 27.5 Å². The van der Waals surface area contributed by atoms with E-state index in [1.54, 1.807) is 18.3 Å². The lowest BCUT2D eigenvalue weighted by Crippen LogP contribution is -2.14. The summed E-state index contributed by atoms with van der Waals surface area (Å²) >= 11 is 9.22. The predicted molar refractivity (Wildman–Crippen MR) is 119 cm³/mol. The molecule has 0 bridgehead atoms. The minimum atomic E-state index is -3.41. The van der Waals surface area contributed by atoms with E-state index < -0.39 is 10.0 Å². The largest absolute Gasteiger partial charge is 0.244 e. The number of alkyl halides is 1. The van der Waals surface area contributed by atoms with E-state index in [1.807, 2.05) is 12.1 Å². The molecule has 3 rings (SSSR count). The van der Waals surface area contributed by atoms with Crippen molar-refractivity contribution in [3.63, 3.8) is 0 Å². The van der Waals surface area contributed by atoms with Gasteiger partial charge in [-0.2, -0.15) is 0 Å². The van der Waals surface area contributed by atoms with E-state index in [4.69, 9.17) is 11.6 Å². The van der Waals surface area contributed by atoms with Crippen molar-refractivity contribution in [2.24, 2.45) is 0 Å². The highest BCUT2D eigenvalue weighted by Crippen LogP contribution is 2.27. The number of rotatable bonds is 5. The third-order valence-electron chi connectivity index (χ3n) is 4.05. The van der Waals surface area contributed by atoms with Crippen molar-refractivity contribution in [1.82, 2.24) is 3.97 Å². The van der Waals surface area contributed by atoms with Crippen LogP contribution in [0.25, 0.3) is 10.9 Å². The van der Waals surface area contributed by atoms with Gasteiger partial charge < -0.3 is 0 Å². The molecule has 144 valence electrons.